The molecule has 1 aliphatic heterocycles. The highest BCUT2D eigenvalue weighted by molar-refractivity contribution is 5.77. The quantitative estimate of drug-likeness (QED) is 0.810. The molecule has 17 heavy (non-hydrogen) atoms. The highest BCUT2D eigenvalue weighted by atomic mass is 16.5. The van der Waals surface area contributed by atoms with Crippen LogP contribution < -0.4 is 0 Å². The molecular weight excluding hydrogens is 218 g/mol. The topological polar surface area (TPSA) is 49.8 Å². The van der Waals surface area contributed by atoms with E-state index in [9.17, 15) is 9.90 Å². The predicted molar refractivity (Wildman–Crippen MR) is 64.6 cm³/mol. The van der Waals surface area contributed by atoms with Gasteiger partial charge in [0.25, 0.3) is 0 Å². The second-order valence-electron chi connectivity index (χ2n) is 5.83. The average molecular weight is 241 g/mol. The van der Waals surface area contributed by atoms with Crippen LogP contribution in [0.25, 0.3) is 0 Å². The van der Waals surface area contributed by atoms with E-state index in [0.29, 0.717) is 13.0 Å². The standard InChI is InChI=1S/C13H23NO3/c1-12(16)5-4-8-14(10-12)11(15)9-13(17-2)6-3-7-13/h16H,3-10H2,1-2H3. The molecule has 1 saturated heterocycles. The summed E-state index contributed by atoms with van der Waals surface area (Å²) in [6, 6.07) is 0. The predicted octanol–water partition coefficient (Wildman–Crippen LogP) is 1.32. The molecule has 2 rings (SSSR count). The summed E-state index contributed by atoms with van der Waals surface area (Å²) < 4.78 is 5.48. The molecule has 98 valence electrons. The number of hydrogen-bond donors (Lipinski definition) is 1. The van der Waals surface area contributed by atoms with Crippen molar-refractivity contribution < 1.29 is 14.6 Å². The fourth-order valence-corrected chi connectivity index (χ4v) is 2.84. The Morgan fingerprint density at radius 3 is 2.53 bits per heavy atom. The van der Waals surface area contributed by atoms with E-state index in [1.165, 1.54) is 0 Å². The van der Waals surface area contributed by atoms with Crippen LogP contribution in [-0.2, 0) is 9.53 Å². The van der Waals surface area contributed by atoms with Crippen molar-refractivity contribution in [3.63, 3.8) is 0 Å². The maximum Gasteiger partial charge on any atom is 0.225 e. The van der Waals surface area contributed by atoms with Crippen LogP contribution in [0.5, 0.6) is 0 Å². The van der Waals surface area contributed by atoms with Gasteiger partial charge in [-0.2, -0.15) is 0 Å². The van der Waals surface area contributed by atoms with Crippen LogP contribution in [0.15, 0.2) is 0 Å². The van der Waals surface area contributed by atoms with Crippen LogP contribution in [0.2, 0.25) is 0 Å². The van der Waals surface area contributed by atoms with Gasteiger partial charge in [-0.15, -0.1) is 0 Å². The van der Waals surface area contributed by atoms with E-state index in [0.717, 1.165) is 38.6 Å². The Labute approximate surface area is 103 Å². The van der Waals surface area contributed by atoms with Crippen molar-refractivity contribution in [2.45, 2.75) is 56.7 Å². The minimum Gasteiger partial charge on any atom is -0.388 e. The number of likely N-dealkylation sites (tertiary alicyclic amines) is 1. The summed E-state index contributed by atoms with van der Waals surface area (Å²) in [5.74, 6) is 0.131. The van der Waals surface area contributed by atoms with Crippen molar-refractivity contribution in [1.82, 2.24) is 4.90 Å². The van der Waals surface area contributed by atoms with Crippen LogP contribution in [-0.4, -0.2) is 47.3 Å². The first-order valence-electron chi connectivity index (χ1n) is 6.52. The summed E-state index contributed by atoms with van der Waals surface area (Å²) in [6.45, 7) is 3.04. The lowest BCUT2D eigenvalue weighted by Gasteiger charge is -2.43. The van der Waals surface area contributed by atoms with E-state index in [-0.39, 0.29) is 11.5 Å². The minimum absolute atomic E-state index is 0.131. The molecule has 1 unspecified atom stereocenters. The molecule has 0 aromatic carbocycles. The smallest absolute Gasteiger partial charge is 0.225 e. The van der Waals surface area contributed by atoms with Gasteiger partial charge in [0.15, 0.2) is 0 Å². The summed E-state index contributed by atoms with van der Waals surface area (Å²) in [6.07, 6.45) is 5.27. The molecule has 4 nitrogen and oxygen atoms in total. The lowest BCUT2D eigenvalue weighted by molar-refractivity contribution is -0.149. The summed E-state index contributed by atoms with van der Waals surface area (Å²) >= 11 is 0. The first-order valence-corrected chi connectivity index (χ1v) is 6.52. The van der Waals surface area contributed by atoms with Crippen molar-refractivity contribution in [3.8, 4) is 0 Å². The number of carbonyl (C=O) groups excluding carboxylic acids is 1. The van der Waals surface area contributed by atoms with E-state index in [4.69, 9.17) is 4.74 Å². The third-order valence-corrected chi connectivity index (χ3v) is 4.20. The fourth-order valence-electron chi connectivity index (χ4n) is 2.84. The Hall–Kier alpha value is -0.610. The van der Waals surface area contributed by atoms with Gasteiger partial charge in [-0.3, -0.25) is 4.79 Å². The maximum absolute atomic E-state index is 12.2. The molecule has 0 bridgehead atoms. The zero-order valence-electron chi connectivity index (χ0n) is 10.9. The molecule has 1 heterocycles. The van der Waals surface area contributed by atoms with Gasteiger partial charge in [-0.05, 0) is 39.0 Å². The molecule has 1 atom stereocenters. The average Bonchev–Trinajstić information content (AvgIpc) is 2.21. The summed E-state index contributed by atoms with van der Waals surface area (Å²) in [4.78, 5) is 14.0. The summed E-state index contributed by atoms with van der Waals surface area (Å²) in [5.41, 5.74) is -0.922. The molecule has 0 aromatic heterocycles. The number of methoxy groups -OCH3 is 1. The molecule has 0 aromatic rings. The first kappa shape index (κ1) is 12.8. The molecule has 1 amide bonds. The van der Waals surface area contributed by atoms with Crippen LogP contribution in [0, 0.1) is 0 Å². The van der Waals surface area contributed by atoms with Gasteiger partial charge in [0.05, 0.1) is 17.6 Å². The lowest BCUT2D eigenvalue weighted by atomic mass is 9.77. The van der Waals surface area contributed by atoms with Crippen molar-refractivity contribution in [1.29, 1.82) is 0 Å². The molecule has 1 N–H and O–H groups in total. The number of aliphatic hydroxyl groups is 1. The van der Waals surface area contributed by atoms with Gasteiger partial charge in [0.1, 0.15) is 0 Å². The number of carbonyl (C=O) groups is 1. The Morgan fingerprint density at radius 2 is 2.06 bits per heavy atom. The van der Waals surface area contributed by atoms with Crippen molar-refractivity contribution in [2.24, 2.45) is 0 Å². The van der Waals surface area contributed by atoms with Crippen LogP contribution >= 0.6 is 0 Å². The first-order chi connectivity index (χ1) is 7.96. The SMILES string of the molecule is COC1(CC(=O)N2CCCC(C)(O)C2)CCC1. The molecule has 0 radical (unpaired) electrons. The Morgan fingerprint density at radius 1 is 1.35 bits per heavy atom. The van der Waals surface area contributed by atoms with Gasteiger partial charge >= 0.3 is 0 Å². The molecule has 4 heteroatoms. The number of rotatable bonds is 3. The molecule has 2 aliphatic rings. The number of β-amino-alcohol motifs (C(OH)–C–C–N with tert-alkyl or cyclic N) is 1. The number of ether oxygens (including phenoxy) is 1. The van der Waals surface area contributed by atoms with Gasteiger partial charge in [-0.1, -0.05) is 0 Å². The monoisotopic (exact) mass is 241 g/mol. The Kier molecular flexibility index (Phi) is 3.46. The number of piperidine rings is 1. The zero-order valence-corrected chi connectivity index (χ0v) is 10.9. The molecule has 2 fully saturated rings. The van der Waals surface area contributed by atoms with E-state index < -0.39 is 5.60 Å². The zero-order chi connectivity index (χ0) is 12.5. The van der Waals surface area contributed by atoms with E-state index in [1.54, 1.807) is 12.0 Å². The Balaban J connectivity index is 1.91. The minimum atomic E-state index is -0.715. The van der Waals surface area contributed by atoms with E-state index in [2.05, 4.69) is 0 Å². The largest absolute Gasteiger partial charge is 0.388 e. The van der Waals surface area contributed by atoms with Crippen LogP contribution in [0.4, 0.5) is 0 Å². The molecule has 1 saturated carbocycles. The number of nitrogens with zero attached hydrogens (tertiary/aromatic N) is 1. The second kappa shape index (κ2) is 4.58. The number of hydrogen-bond acceptors (Lipinski definition) is 3. The highest BCUT2D eigenvalue weighted by Crippen LogP contribution is 2.38. The van der Waals surface area contributed by atoms with Crippen molar-refractivity contribution in [2.75, 3.05) is 20.2 Å². The second-order valence-corrected chi connectivity index (χ2v) is 5.83. The Bertz CT molecular complexity index is 292. The fraction of sp³-hybridized carbons (Fsp3) is 0.923. The lowest BCUT2D eigenvalue weighted by Crippen LogP contribution is -2.51. The van der Waals surface area contributed by atoms with E-state index >= 15 is 0 Å². The van der Waals surface area contributed by atoms with Crippen molar-refractivity contribution >= 4 is 5.91 Å². The molecular formula is C13H23NO3. The van der Waals surface area contributed by atoms with Crippen LogP contribution in [0.3, 0.4) is 0 Å². The van der Waals surface area contributed by atoms with Gasteiger partial charge in [0.2, 0.25) is 5.91 Å². The number of amides is 1. The maximum atomic E-state index is 12.2. The summed E-state index contributed by atoms with van der Waals surface area (Å²) in [5, 5.41) is 10.00. The van der Waals surface area contributed by atoms with E-state index in [1.807, 2.05) is 6.92 Å². The van der Waals surface area contributed by atoms with Gasteiger partial charge in [0, 0.05) is 20.2 Å². The van der Waals surface area contributed by atoms with Crippen LogP contribution in [0.1, 0.15) is 45.4 Å². The highest BCUT2D eigenvalue weighted by Gasteiger charge is 2.41. The van der Waals surface area contributed by atoms with Gasteiger partial charge in [-0.25, -0.2) is 0 Å². The molecule has 1 aliphatic carbocycles. The molecule has 0 spiro atoms. The summed E-state index contributed by atoms with van der Waals surface area (Å²) in [7, 11) is 1.69. The van der Waals surface area contributed by atoms with Gasteiger partial charge < -0.3 is 14.7 Å². The third-order valence-electron chi connectivity index (χ3n) is 4.20. The third kappa shape index (κ3) is 2.80. The van der Waals surface area contributed by atoms with Crippen molar-refractivity contribution in [3.05, 3.63) is 0 Å². The normalized spacial score (nSPS) is 32.1.